The molecule has 1 aromatic rings. The van der Waals surface area contributed by atoms with Gasteiger partial charge in [-0.25, -0.2) is 0 Å². The number of Topliss-reactive ketones (excluding diaryl/α,β-unsaturated/α-hetero) is 1. The van der Waals surface area contributed by atoms with E-state index < -0.39 is 0 Å². The van der Waals surface area contributed by atoms with Crippen molar-refractivity contribution in [1.82, 2.24) is 0 Å². The van der Waals surface area contributed by atoms with Crippen LogP contribution >= 0.6 is 15.9 Å². The van der Waals surface area contributed by atoms with Gasteiger partial charge in [-0.05, 0) is 25.0 Å². The SMILES string of the molecule is CCCOCCOCCCC(=O)c1ccc(Br)cc1. The van der Waals surface area contributed by atoms with Crippen LogP contribution < -0.4 is 0 Å². The lowest BCUT2D eigenvalue weighted by molar-refractivity contribution is 0.0463. The zero-order valence-corrected chi connectivity index (χ0v) is 12.9. The predicted molar refractivity (Wildman–Crippen MR) is 79.6 cm³/mol. The minimum absolute atomic E-state index is 0.165. The summed E-state index contributed by atoms with van der Waals surface area (Å²) in [6, 6.07) is 7.45. The quantitative estimate of drug-likeness (QED) is 0.483. The summed E-state index contributed by atoms with van der Waals surface area (Å²) in [7, 11) is 0. The molecular weight excluding hydrogens is 308 g/mol. The molecule has 0 radical (unpaired) electrons. The number of ketones is 1. The number of carbonyl (C=O) groups is 1. The van der Waals surface area contributed by atoms with Crippen LogP contribution in [0, 0.1) is 0 Å². The molecule has 0 aliphatic carbocycles. The molecular formula is C15H21BrO3. The Morgan fingerprint density at radius 1 is 1.05 bits per heavy atom. The second kappa shape index (κ2) is 10.1. The maximum Gasteiger partial charge on any atom is 0.162 e. The number of benzene rings is 1. The lowest BCUT2D eigenvalue weighted by Gasteiger charge is -2.05. The number of hydrogen-bond acceptors (Lipinski definition) is 3. The Labute approximate surface area is 123 Å². The molecule has 0 atom stereocenters. The molecule has 0 amide bonds. The Morgan fingerprint density at radius 3 is 2.32 bits per heavy atom. The van der Waals surface area contributed by atoms with Gasteiger partial charge in [0.05, 0.1) is 13.2 Å². The molecule has 0 unspecified atom stereocenters. The van der Waals surface area contributed by atoms with Crippen LogP contribution in [0.1, 0.15) is 36.5 Å². The molecule has 0 aliphatic heterocycles. The zero-order chi connectivity index (χ0) is 13.9. The number of ether oxygens (including phenoxy) is 2. The second-order valence-corrected chi connectivity index (χ2v) is 5.17. The molecule has 0 N–H and O–H groups in total. The lowest BCUT2D eigenvalue weighted by atomic mass is 10.1. The molecule has 0 bridgehead atoms. The van der Waals surface area contributed by atoms with Gasteiger partial charge >= 0.3 is 0 Å². The summed E-state index contributed by atoms with van der Waals surface area (Å²) < 4.78 is 11.7. The normalized spacial score (nSPS) is 10.6. The summed E-state index contributed by atoms with van der Waals surface area (Å²) in [6.07, 6.45) is 2.31. The van der Waals surface area contributed by atoms with E-state index in [1.54, 1.807) is 0 Å². The standard InChI is InChI=1S/C15H21BrO3/c1-2-9-18-11-12-19-10-3-4-15(17)13-5-7-14(16)8-6-13/h5-8H,2-4,9-12H2,1H3. The molecule has 3 nitrogen and oxygen atoms in total. The van der Waals surface area contributed by atoms with Gasteiger partial charge in [0.15, 0.2) is 5.78 Å². The van der Waals surface area contributed by atoms with Gasteiger partial charge in [-0.15, -0.1) is 0 Å². The van der Waals surface area contributed by atoms with Crippen LogP contribution in [0.3, 0.4) is 0 Å². The van der Waals surface area contributed by atoms with E-state index in [9.17, 15) is 4.79 Å². The van der Waals surface area contributed by atoms with E-state index in [4.69, 9.17) is 9.47 Å². The highest BCUT2D eigenvalue weighted by atomic mass is 79.9. The minimum atomic E-state index is 0.165. The van der Waals surface area contributed by atoms with Gasteiger partial charge in [-0.1, -0.05) is 35.0 Å². The number of halogens is 1. The van der Waals surface area contributed by atoms with Gasteiger partial charge in [0.1, 0.15) is 0 Å². The Balaban J connectivity index is 2.06. The maximum atomic E-state index is 11.8. The van der Waals surface area contributed by atoms with E-state index >= 15 is 0 Å². The van der Waals surface area contributed by atoms with Crippen molar-refractivity contribution in [2.45, 2.75) is 26.2 Å². The molecule has 1 aromatic carbocycles. The second-order valence-electron chi connectivity index (χ2n) is 4.26. The molecule has 0 spiro atoms. The molecule has 0 heterocycles. The zero-order valence-electron chi connectivity index (χ0n) is 11.4. The highest BCUT2D eigenvalue weighted by molar-refractivity contribution is 9.10. The Bertz CT molecular complexity index is 362. The average molecular weight is 329 g/mol. The van der Waals surface area contributed by atoms with Gasteiger partial charge in [-0.3, -0.25) is 4.79 Å². The topological polar surface area (TPSA) is 35.5 Å². The van der Waals surface area contributed by atoms with E-state index in [2.05, 4.69) is 22.9 Å². The molecule has 4 heteroatoms. The average Bonchev–Trinajstić information content (AvgIpc) is 2.42. The van der Waals surface area contributed by atoms with Crippen LogP contribution in [-0.4, -0.2) is 32.2 Å². The Morgan fingerprint density at radius 2 is 1.68 bits per heavy atom. The summed E-state index contributed by atoms with van der Waals surface area (Å²) in [5.74, 6) is 0.165. The van der Waals surface area contributed by atoms with Crippen molar-refractivity contribution in [1.29, 1.82) is 0 Å². The molecule has 0 saturated carbocycles. The summed E-state index contributed by atoms with van der Waals surface area (Å²) in [5.41, 5.74) is 0.759. The lowest BCUT2D eigenvalue weighted by Crippen LogP contribution is -2.07. The van der Waals surface area contributed by atoms with Crippen molar-refractivity contribution in [3.63, 3.8) is 0 Å². The molecule has 0 aliphatic rings. The molecule has 106 valence electrons. The monoisotopic (exact) mass is 328 g/mol. The van der Waals surface area contributed by atoms with Crippen LogP contribution in [0.5, 0.6) is 0 Å². The fraction of sp³-hybridized carbons (Fsp3) is 0.533. The summed E-state index contributed by atoms with van der Waals surface area (Å²) >= 11 is 3.35. The van der Waals surface area contributed by atoms with Crippen LogP contribution in [0.25, 0.3) is 0 Å². The molecule has 19 heavy (non-hydrogen) atoms. The highest BCUT2D eigenvalue weighted by Gasteiger charge is 2.04. The first-order chi connectivity index (χ1) is 9.24. The Kier molecular flexibility index (Phi) is 8.71. The first-order valence-corrected chi connectivity index (χ1v) is 7.47. The Hall–Kier alpha value is -0.710. The van der Waals surface area contributed by atoms with Crippen LogP contribution in [-0.2, 0) is 9.47 Å². The fourth-order valence-corrected chi connectivity index (χ4v) is 1.85. The van der Waals surface area contributed by atoms with Gasteiger partial charge < -0.3 is 9.47 Å². The van der Waals surface area contributed by atoms with Gasteiger partial charge in [0.2, 0.25) is 0 Å². The van der Waals surface area contributed by atoms with Crippen molar-refractivity contribution >= 4 is 21.7 Å². The van der Waals surface area contributed by atoms with E-state index in [0.717, 1.165) is 29.5 Å². The van der Waals surface area contributed by atoms with Crippen LogP contribution in [0.4, 0.5) is 0 Å². The van der Waals surface area contributed by atoms with E-state index in [1.165, 1.54) is 0 Å². The smallest absolute Gasteiger partial charge is 0.162 e. The summed E-state index contributed by atoms with van der Waals surface area (Å²) in [6.45, 7) is 4.71. The number of hydrogen-bond donors (Lipinski definition) is 0. The first-order valence-electron chi connectivity index (χ1n) is 6.68. The van der Waals surface area contributed by atoms with E-state index in [0.29, 0.717) is 26.2 Å². The van der Waals surface area contributed by atoms with Crippen molar-refractivity contribution < 1.29 is 14.3 Å². The van der Waals surface area contributed by atoms with Crippen molar-refractivity contribution in [2.24, 2.45) is 0 Å². The highest BCUT2D eigenvalue weighted by Crippen LogP contribution is 2.12. The van der Waals surface area contributed by atoms with Gasteiger partial charge in [0.25, 0.3) is 0 Å². The third-order valence-electron chi connectivity index (χ3n) is 2.58. The van der Waals surface area contributed by atoms with Gasteiger partial charge in [0, 0.05) is 29.7 Å². The van der Waals surface area contributed by atoms with E-state index in [1.807, 2.05) is 24.3 Å². The fourth-order valence-electron chi connectivity index (χ4n) is 1.58. The number of carbonyl (C=O) groups excluding carboxylic acids is 1. The molecule has 0 saturated heterocycles. The van der Waals surface area contributed by atoms with Crippen molar-refractivity contribution in [3.05, 3.63) is 34.3 Å². The van der Waals surface area contributed by atoms with Crippen molar-refractivity contribution in [3.8, 4) is 0 Å². The maximum absolute atomic E-state index is 11.8. The minimum Gasteiger partial charge on any atom is -0.379 e. The molecule has 1 rings (SSSR count). The first kappa shape index (κ1) is 16.3. The third kappa shape index (κ3) is 7.45. The third-order valence-corrected chi connectivity index (χ3v) is 3.11. The number of rotatable bonds is 10. The summed E-state index contributed by atoms with van der Waals surface area (Å²) in [4.78, 5) is 11.8. The molecule has 0 fully saturated rings. The summed E-state index contributed by atoms with van der Waals surface area (Å²) in [5, 5.41) is 0. The van der Waals surface area contributed by atoms with Gasteiger partial charge in [-0.2, -0.15) is 0 Å². The largest absolute Gasteiger partial charge is 0.379 e. The predicted octanol–water partition coefficient (Wildman–Crippen LogP) is 3.86. The van der Waals surface area contributed by atoms with Crippen LogP contribution in [0.15, 0.2) is 28.7 Å². The van der Waals surface area contributed by atoms with Crippen LogP contribution in [0.2, 0.25) is 0 Å². The molecule has 0 aromatic heterocycles. The van der Waals surface area contributed by atoms with Crippen molar-refractivity contribution in [2.75, 3.05) is 26.4 Å². The van der Waals surface area contributed by atoms with E-state index in [-0.39, 0.29) is 5.78 Å².